The second-order valence-electron chi connectivity index (χ2n) is 6.15. The Labute approximate surface area is 162 Å². The Morgan fingerprint density at radius 3 is 2.89 bits per heavy atom. The van der Waals surface area contributed by atoms with Crippen molar-refractivity contribution in [3.63, 3.8) is 0 Å². The van der Waals surface area contributed by atoms with E-state index in [4.69, 9.17) is 0 Å². The molecule has 140 valence electrons. The average molecular weight is 384 g/mol. The lowest BCUT2D eigenvalue weighted by Gasteiger charge is -2.05. The second kappa shape index (κ2) is 9.32. The summed E-state index contributed by atoms with van der Waals surface area (Å²) < 4.78 is 14.9. The number of carbonyl (C=O) groups excluding carboxylic acids is 1. The van der Waals surface area contributed by atoms with E-state index in [0.717, 1.165) is 28.5 Å². The zero-order chi connectivity index (χ0) is 19.1. The fraction of sp³-hybridized carbons (Fsp3) is 0.250. The number of benzene rings is 2. The third-order valence-electron chi connectivity index (χ3n) is 3.98. The van der Waals surface area contributed by atoms with E-state index in [1.165, 1.54) is 12.1 Å². The number of nitrogens with one attached hydrogen (secondary N) is 1. The van der Waals surface area contributed by atoms with Gasteiger partial charge in [0.05, 0.1) is 24.0 Å². The summed E-state index contributed by atoms with van der Waals surface area (Å²) in [6.07, 6.45) is 2.12. The minimum Gasteiger partial charge on any atom is -0.355 e. The summed E-state index contributed by atoms with van der Waals surface area (Å²) >= 11 is 1.68. The molecule has 3 aromatic rings. The molecule has 0 saturated carbocycles. The fourth-order valence-electron chi connectivity index (χ4n) is 2.64. The molecule has 0 atom stereocenters. The van der Waals surface area contributed by atoms with E-state index in [2.05, 4.69) is 15.6 Å². The summed E-state index contributed by atoms with van der Waals surface area (Å²) in [6, 6.07) is 14.1. The molecule has 7 heteroatoms. The number of aryl methyl sites for hydroxylation is 1. The van der Waals surface area contributed by atoms with Gasteiger partial charge in [0.1, 0.15) is 5.82 Å². The van der Waals surface area contributed by atoms with Crippen LogP contribution in [-0.2, 0) is 17.0 Å². The minimum atomic E-state index is -0.324. The van der Waals surface area contributed by atoms with E-state index >= 15 is 0 Å². The first-order chi connectivity index (χ1) is 13.1. The molecule has 0 aliphatic rings. The first kappa shape index (κ1) is 19.1. The molecule has 0 saturated heterocycles. The highest BCUT2D eigenvalue weighted by Crippen LogP contribution is 2.14. The van der Waals surface area contributed by atoms with Crippen LogP contribution in [0.25, 0.3) is 5.69 Å². The quantitative estimate of drug-likeness (QED) is 0.606. The number of rotatable bonds is 8. The molecule has 27 heavy (non-hydrogen) atoms. The van der Waals surface area contributed by atoms with Crippen LogP contribution < -0.4 is 5.32 Å². The molecule has 1 amide bonds. The largest absolute Gasteiger partial charge is 0.355 e. The van der Waals surface area contributed by atoms with Gasteiger partial charge in [-0.1, -0.05) is 35.5 Å². The highest BCUT2D eigenvalue weighted by atomic mass is 32.2. The van der Waals surface area contributed by atoms with E-state index in [1.54, 1.807) is 28.6 Å². The maximum absolute atomic E-state index is 13.1. The lowest BCUT2D eigenvalue weighted by molar-refractivity contribution is -0.120. The smallest absolute Gasteiger partial charge is 0.224 e. The van der Waals surface area contributed by atoms with Gasteiger partial charge in [-0.2, -0.15) is 11.8 Å². The molecule has 0 bridgehead atoms. The molecule has 0 spiro atoms. The Morgan fingerprint density at radius 2 is 2.07 bits per heavy atom. The Balaban J connectivity index is 1.38. The summed E-state index contributed by atoms with van der Waals surface area (Å²) in [7, 11) is 0. The number of nitrogens with zero attached hydrogens (tertiary/aromatic N) is 3. The monoisotopic (exact) mass is 384 g/mol. The van der Waals surface area contributed by atoms with Crippen molar-refractivity contribution >= 4 is 17.7 Å². The second-order valence-corrected chi connectivity index (χ2v) is 7.26. The number of amides is 1. The number of hydrogen-bond acceptors (Lipinski definition) is 4. The maximum atomic E-state index is 13.1. The van der Waals surface area contributed by atoms with Crippen LogP contribution >= 0.6 is 11.8 Å². The predicted molar refractivity (Wildman–Crippen MR) is 105 cm³/mol. The van der Waals surface area contributed by atoms with Crippen molar-refractivity contribution in [2.24, 2.45) is 0 Å². The van der Waals surface area contributed by atoms with Crippen LogP contribution in [0.3, 0.4) is 0 Å². The third-order valence-corrected chi connectivity index (χ3v) is 4.97. The van der Waals surface area contributed by atoms with Crippen LogP contribution in [0.2, 0.25) is 0 Å². The van der Waals surface area contributed by atoms with Crippen LogP contribution in [-0.4, -0.2) is 33.2 Å². The average Bonchev–Trinajstić information content (AvgIpc) is 3.10. The van der Waals surface area contributed by atoms with Gasteiger partial charge in [0.2, 0.25) is 5.91 Å². The third kappa shape index (κ3) is 5.65. The van der Waals surface area contributed by atoms with Gasteiger partial charge in [-0.25, -0.2) is 9.07 Å². The van der Waals surface area contributed by atoms with Gasteiger partial charge < -0.3 is 5.32 Å². The van der Waals surface area contributed by atoms with Crippen LogP contribution in [0.15, 0.2) is 54.7 Å². The molecule has 5 nitrogen and oxygen atoms in total. The Morgan fingerprint density at radius 1 is 1.22 bits per heavy atom. The molecule has 0 fully saturated rings. The van der Waals surface area contributed by atoms with Gasteiger partial charge in [-0.3, -0.25) is 4.79 Å². The van der Waals surface area contributed by atoms with Crippen molar-refractivity contribution in [3.05, 3.63) is 77.4 Å². The Hall–Kier alpha value is -2.67. The molecule has 0 unspecified atom stereocenters. The fourth-order valence-corrected chi connectivity index (χ4v) is 3.37. The number of hydrogen-bond donors (Lipinski definition) is 1. The van der Waals surface area contributed by atoms with Gasteiger partial charge >= 0.3 is 0 Å². The maximum Gasteiger partial charge on any atom is 0.224 e. The summed E-state index contributed by atoms with van der Waals surface area (Å²) in [5, 5.41) is 11.2. The molecular formula is C20H21FN4OS. The van der Waals surface area contributed by atoms with Crippen LogP contribution in [0, 0.1) is 12.7 Å². The lowest BCUT2D eigenvalue weighted by atomic mass is 10.1. The van der Waals surface area contributed by atoms with Crippen molar-refractivity contribution in [1.29, 1.82) is 0 Å². The lowest BCUT2D eigenvalue weighted by Crippen LogP contribution is -2.27. The molecule has 1 N–H and O–H groups in total. The minimum absolute atomic E-state index is 0.105. The number of para-hydroxylation sites is 1. The SMILES string of the molecule is Cc1ccccc1-n1cc(CSCCNC(=O)Cc2cccc(F)c2)nn1. The first-order valence-corrected chi connectivity index (χ1v) is 9.83. The van der Waals surface area contributed by atoms with Crippen LogP contribution in [0.4, 0.5) is 4.39 Å². The molecule has 1 aromatic heterocycles. The van der Waals surface area contributed by atoms with Gasteiger partial charge in [-0.15, -0.1) is 5.10 Å². The van der Waals surface area contributed by atoms with E-state index in [-0.39, 0.29) is 18.1 Å². The molecule has 0 aliphatic heterocycles. The van der Waals surface area contributed by atoms with Crippen molar-refractivity contribution in [2.45, 2.75) is 19.1 Å². The zero-order valence-corrected chi connectivity index (χ0v) is 15.9. The normalized spacial score (nSPS) is 10.7. The van der Waals surface area contributed by atoms with E-state index in [9.17, 15) is 9.18 Å². The van der Waals surface area contributed by atoms with Gasteiger partial charge in [0, 0.05) is 18.1 Å². The molecule has 2 aromatic carbocycles. The zero-order valence-electron chi connectivity index (χ0n) is 15.1. The van der Waals surface area contributed by atoms with Crippen LogP contribution in [0.5, 0.6) is 0 Å². The summed E-state index contributed by atoms with van der Waals surface area (Å²) in [5.41, 5.74) is 3.73. The molecule has 0 radical (unpaired) electrons. The van der Waals surface area contributed by atoms with E-state index in [1.807, 2.05) is 37.4 Å². The predicted octanol–water partition coefficient (Wildman–Crippen LogP) is 3.31. The number of halogens is 1. The Bertz CT molecular complexity index is 912. The van der Waals surface area contributed by atoms with Gasteiger partial charge in [0.25, 0.3) is 0 Å². The van der Waals surface area contributed by atoms with Crippen molar-refractivity contribution < 1.29 is 9.18 Å². The summed E-state index contributed by atoms with van der Waals surface area (Å²) in [5.74, 6) is 1.07. The van der Waals surface area contributed by atoms with Crippen LogP contribution in [0.1, 0.15) is 16.8 Å². The van der Waals surface area contributed by atoms with E-state index < -0.39 is 0 Å². The number of aromatic nitrogens is 3. The van der Waals surface area contributed by atoms with Gasteiger partial charge in [-0.05, 0) is 36.2 Å². The molecule has 0 aliphatic carbocycles. The van der Waals surface area contributed by atoms with Crippen molar-refractivity contribution in [2.75, 3.05) is 12.3 Å². The van der Waals surface area contributed by atoms with Gasteiger partial charge in [0.15, 0.2) is 0 Å². The summed E-state index contributed by atoms with van der Waals surface area (Å²) in [4.78, 5) is 11.9. The van der Waals surface area contributed by atoms with Crippen molar-refractivity contribution in [3.8, 4) is 5.69 Å². The summed E-state index contributed by atoms with van der Waals surface area (Å²) in [6.45, 7) is 2.60. The standard InChI is InChI=1S/C20H21FN4OS/c1-15-5-2-3-8-19(15)25-13-18(23-24-25)14-27-10-9-22-20(26)12-16-6-4-7-17(21)11-16/h2-8,11,13H,9-10,12,14H2,1H3,(H,22,26). The van der Waals surface area contributed by atoms with E-state index in [0.29, 0.717) is 12.1 Å². The Kier molecular flexibility index (Phi) is 6.59. The topological polar surface area (TPSA) is 59.8 Å². The van der Waals surface area contributed by atoms with Crippen molar-refractivity contribution in [1.82, 2.24) is 20.3 Å². The highest BCUT2D eigenvalue weighted by Gasteiger charge is 2.06. The molecule has 3 rings (SSSR count). The highest BCUT2D eigenvalue weighted by molar-refractivity contribution is 7.98. The number of thioether (sulfide) groups is 1. The molecular weight excluding hydrogens is 363 g/mol. The molecule has 1 heterocycles. The first-order valence-electron chi connectivity index (χ1n) is 8.68. The number of carbonyl (C=O) groups is 1.